The van der Waals surface area contributed by atoms with Crippen LogP contribution in [0.1, 0.15) is 12.5 Å². The monoisotopic (exact) mass is 326 g/mol. The van der Waals surface area contributed by atoms with E-state index in [2.05, 4.69) is 47.4 Å². The molecule has 0 saturated carbocycles. The first kappa shape index (κ1) is 16.5. The second-order valence-electron chi connectivity index (χ2n) is 6.08. The maximum atomic E-state index is 12.0. The number of carbonyl (C=O) groups is 2. The fourth-order valence-corrected chi connectivity index (χ4v) is 3.08. The van der Waals surface area contributed by atoms with Gasteiger partial charge in [0.05, 0.1) is 0 Å². The number of carbonyl (C=O) groups excluding carboxylic acids is 2. The van der Waals surface area contributed by atoms with Crippen molar-refractivity contribution in [2.45, 2.75) is 13.5 Å². The topological polar surface area (TPSA) is 49.9 Å². The molecule has 0 spiro atoms. The number of hydrogen-bond acceptors (Lipinski definition) is 4. The number of fused-ring (bicyclic) bond motifs is 1. The zero-order valence-corrected chi connectivity index (χ0v) is 13.9. The Balaban J connectivity index is 1.57. The fraction of sp³-hybridized carbons (Fsp3) is 0.368. The first-order chi connectivity index (χ1) is 11.6. The molecule has 2 aromatic carbocycles. The van der Waals surface area contributed by atoms with Crippen LogP contribution in [0.15, 0.2) is 42.5 Å². The molecule has 5 nitrogen and oxygen atoms in total. The molecule has 126 valence electrons. The van der Waals surface area contributed by atoms with Gasteiger partial charge in [0.15, 0.2) is 6.61 Å². The summed E-state index contributed by atoms with van der Waals surface area (Å²) in [6.45, 7) is 5.04. The van der Waals surface area contributed by atoms with Gasteiger partial charge in [0, 0.05) is 39.6 Å². The second-order valence-corrected chi connectivity index (χ2v) is 6.08. The van der Waals surface area contributed by atoms with Gasteiger partial charge in [0.2, 0.25) is 0 Å². The minimum Gasteiger partial charge on any atom is -0.456 e. The zero-order valence-electron chi connectivity index (χ0n) is 13.9. The SMILES string of the molecule is CC(=O)OCC(=O)N1CCN(Cc2cccc3ccccc23)CC1. The van der Waals surface area contributed by atoms with Crippen molar-refractivity contribution in [3.63, 3.8) is 0 Å². The summed E-state index contributed by atoms with van der Waals surface area (Å²) < 4.78 is 4.78. The summed E-state index contributed by atoms with van der Waals surface area (Å²) in [5.74, 6) is -0.534. The average molecular weight is 326 g/mol. The Hall–Kier alpha value is -2.40. The van der Waals surface area contributed by atoms with Gasteiger partial charge >= 0.3 is 5.97 Å². The number of esters is 1. The van der Waals surface area contributed by atoms with Crippen LogP contribution in [0.5, 0.6) is 0 Å². The summed E-state index contributed by atoms with van der Waals surface area (Å²) in [7, 11) is 0. The van der Waals surface area contributed by atoms with Crippen LogP contribution in [0.4, 0.5) is 0 Å². The van der Waals surface area contributed by atoms with Crippen LogP contribution in [-0.4, -0.2) is 54.5 Å². The molecule has 1 saturated heterocycles. The van der Waals surface area contributed by atoms with Crippen molar-refractivity contribution < 1.29 is 14.3 Å². The summed E-state index contributed by atoms with van der Waals surface area (Å²) in [6.07, 6.45) is 0. The lowest BCUT2D eigenvalue weighted by atomic mass is 10.0. The van der Waals surface area contributed by atoms with Crippen LogP contribution in [0.3, 0.4) is 0 Å². The minimum atomic E-state index is -0.419. The van der Waals surface area contributed by atoms with Crippen molar-refractivity contribution in [2.24, 2.45) is 0 Å². The number of ether oxygens (including phenoxy) is 1. The normalized spacial score (nSPS) is 15.5. The number of benzene rings is 2. The molecule has 1 amide bonds. The van der Waals surface area contributed by atoms with E-state index in [9.17, 15) is 9.59 Å². The van der Waals surface area contributed by atoms with Crippen LogP contribution < -0.4 is 0 Å². The van der Waals surface area contributed by atoms with Crippen LogP contribution in [-0.2, 0) is 20.9 Å². The Morgan fingerprint density at radius 2 is 1.71 bits per heavy atom. The Bertz CT molecular complexity index is 731. The van der Waals surface area contributed by atoms with Crippen molar-refractivity contribution in [1.29, 1.82) is 0 Å². The van der Waals surface area contributed by atoms with Crippen LogP contribution in [0.25, 0.3) is 10.8 Å². The molecular weight excluding hydrogens is 304 g/mol. The summed E-state index contributed by atoms with van der Waals surface area (Å²) in [4.78, 5) is 26.9. The molecule has 3 rings (SSSR count). The fourth-order valence-electron chi connectivity index (χ4n) is 3.08. The van der Waals surface area contributed by atoms with E-state index in [1.807, 2.05) is 0 Å². The van der Waals surface area contributed by atoms with E-state index in [4.69, 9.17) is 4.74 Å². The largest absolute Gasteiger partial charge is 0.456 e. The van der Waals surface area contributed by atoms with Crippen molar-refractivity contribution in [2.75, 3.05) is 32.8 Å². The van der Waals surface area contributed by atoms with Crippen LogP contribution in [0.2, 0.25) is 0 Å². The number of nitrogens with zero attached hydrogens (tertiary/aromatic N) is 2. The lowest BCUT2D eigenvalue weighted by Crippen LogP contribution is -2.49. The third-order valence-electron chi connectivity index (χ3n) is 4.40. The quantitative estimate of drug-likeness (QED) is 0.807. The highest BCUT2D eigenvalue weighted by atomic mass is 16.5. The molecule has 1 aliphatic rings. The summed E-state index contributed by atoms with van der Waals surface area (Å²) in [6, 6.07) is 14.8. The maximum Gasteiger partial charge on any atom is 0.303 e. The molecule has 2 aromatic rings. The molecule has 24 heavy (non-hydrogen) atoms. The average Bonchev–Trinajstić information content (AvgIpc) is 2.60. The highest BCUT2D eigenvalue weighted by Gasteiger charge is 2.21. The third kappa shape index (κ3) is 3.92. The van der Waals surface area contributed by atoms with Crippen LogP contribution >= 0.6 is 0 Å². The summed E-state index contributed by atoms with van der Waals surface area (Å²) >= 11 is 0. The Kier molecular flexibility index (Phi) is 5.11. The molecule has 1 aliphatic heterocycles. The van der Waals surface area contributed by atoms with Gasteiger partial charge in [-0.2, -0.15) is 0 Å². The number of piperazine rings is 1. The Morgan fingerprint density at radius 3 is 2.46 bits per heavy atom. The van der Waals surface area contributed by atoms with Gasteiger partial charge in [-0.25, -0.2) is 0 Å². The lowest BCUT2D eigenvalue weighted by Gasteiger charge is -2.34. The maximum absolute atomic E-state index is 12.0. The second kappa shape index (κ2) is 7.45. The van der Waals surface area contributed by atoms with Crippen molar-refractivity contribution in [3.8, 4) is 0 Å². The summed E-state index contributed by atoms with van der Waals surface area (Å²) in [5.41, 5.74) is 1.31. The molecule has 5 heteroatoms. The Labute approximate surface area is 141 Å². The van der Waals surface area contributed by atoms with Gasteiger partial charge in [-0.1, -0.05) is 42.5 Å². The van der Waals surface area contributed by atoms with Gasteiger partial charge in [-0.05, 0) is 16.3 Å². The first-order valence-corrected chi connectivity index (χ1v) is 8.23. The molecule has 0 aliphatic carbocycles. The van der Waals surface area contributed by atoms with E-state index >= 15 is 0 Å². The minimum absolute atomic E-state index is 0.116. The van der Waals surface area contributed by atoms with Crippen LogP contribution in [0, 0.1) is 0 Å². The predicted molar refractivity (Wildman–Crippen MR) is 92.4 cm³/mol. The van der Waals surface area contributed by atoms with Gasteiger partial charge in [-0.15, -0.1) is 0 Å². The smallest absolute Gasteiger partial charge is 0.303 e. The van der Waals surface area contributed by atoms with Crippen molar-refractivity contribution in [1.82, 2.24) is 9.80 Å². The Morgan fingerprint density at radius 1 is 1.00 bits per heavy atom. The molecule has 0 radical (unpaired) electrons. The molecule has 0 unspecified atom stereocenters. The van der Waals surface area contributed by atoms with E-state index in [1.54, 1.807) is 4.90 Å². The molecular formula is C19H22N2O3. The van der Waals surface area contributed by atoms with Gasteiger partial charge in [0.1, 0.15) is 0 Å². The van der Waals surface area contributed by atoms with Crippen molar-refractivity contribution in [3.05, 3.63) is 48.0 Å². The third-order valence-corrected chi connectivity index (χ3v) is 4.40. The van der Waals surface area contributed by atoms with E-state index in [0.29, 0.717) is 13.1 Å². The molecule has 0 bridgehead atoms. The van der Waals surface area contributed by atoms with Crippen molar-refractivity contribution >= 4 is 22.6 Å². The molecule has 0 N–H and O–H groups in total. The van der Waals surface area contributed by atoms with Gasteiger partial charge in [-0.3, -0.25) is 14.5 Å². The predicted octanol–water partition coefficient (Wildman–Crippen LogP) is 2.05. The molecule has 1 heterocycles. The highest BCUT2D eigenvalue weighted by Crippen LogP contribution is 2.20. The zero-order chi connectivity index (χ0) is 16.9. The number of amides is 1. The lowest BCUT2D eigenvalue weighted by molar-refractivity contribution is -0.151. The van der Waals surface area contributed by atoms with E-state index in [-0.39, 0.29) is 12.5 Å². The molecule has 0 atom stereocenters. The van der Waals surface area contributed by atoms with Gasteiger partial charge in [0.25, 0.3) is 5.91 Å². The van der Waals surface area contributed by atoms with E-state index < -0.39 is 5.97 Å². The molecule has 1 fully saturated rings. The highest BCUT2D eigenvalue weighted by molar-refractivity contribution is 5.85. The standard InChI is InChI=1S/C19H22N2O3/c1-15(22)24-14-19(23)21-11-9-20(10-12-21)13-17-7-4-6-16-5-2-3-8-18(16)17/h2-8H,9-14H2,1H3. The number of hydrogen-bond donors (Lipinski definition) is 0. The van der Waals surface area contributed by atoms with E-state index in [0.717, 1.165) is 19.6 Å². The van der Waals surface area contributed by atoms with Gasteiger partial charge < -0.3 is 9.64 Å². The van der Waals surface area contributed by atoms with E-state index in [1.165, 1.54) is 23.3 Å². The molecule has 0 aromatic heterocycles. The first-order valence-electron chi connectivity index (χ1n) is 8.23. The summed E-state index contributed by atoms with van der Waals surface area (Å²) in [5, 5.41) is 2.54. The number of rotatable bonds is 4.